The van der Waals surface area contributed by atoms with E-state index in [1.54, 1.807) is 24.3 Å². The molecular formula is C19H22ClN3O3S. The molecule has 27 heavy (non-hydrogen) atoms. The zero-order valence-electron chi connectivity index (χ0n) is 14.7. The van der Waals surface area contributed by atoms with Crippen LogP contribution < -0.4 is 15.4 Å². The van der Waals surface area contributed by atoms with E-state index in [0.29, 0.717) is 17.2 Å². The number of hydrogen-bond donors (Lipinski definition) is 2. The highest BCUT2D eigenvalue weighted by Gasteiger charge is 2.16. The molecule has 8 heteroatoms. The number of halogens is 1. The Morgan fingerprint density at radius 3 is 2.37 bits per heavy atom. The van der Waals surface area contributed by atoms with Gasteiger partial charge < -0.3 is 15.0 Å². The summed E-state index contributed by atoms with van der Waals surface area (Å²) in [7, 11) is 0. The van der Waals surface area contributed by atoms with Crippen molar-refractivity contribution in [3.63, 3.8) is 0 Å². The molecule has 0 atom stereocenters. The van der Waals surface area contributed by atoms with Crippen LogP contribution in [0.5, 0.6) is 5.75 Å². The molecule has 3 rings (SSSR count). The van der Waals surface area contributed by atoms with E-state index in [2.05, 4.69) is 10.6 Å². The summed E-state index contributed by atoms with van der Waals surface area (Å²) in [6.45, 7) is 3.22. The first-order valence-electron chi connectivity index (χ1n) is 8.46. The van der Waals surface area contributed by atoms with Gasteiger partial charge in [0.1, 0.15) is 5.75 Å². The molecule has 1 fully saturated rings. The Kier molecular flexibility index (Phi) is 8.44. The Labute approximate surface area is 169 Å². The zero-order chi connectivity index (χ0) is 18.2. The minimum Gasteiger partial charge on any atom is -0.410 e. The lowest BCUT2D eigenvalue weighted by Crippen LogP contribution is -2.45. The van der Waals surface area contributed by atoms with Crippen LogP contribution in [0.2, 0.25) is 0 Å². The number of rotatable bonds is 4. The van der Waals surface area contributed by atoms with Gasteiger partial charge in [-0.2, -0.15) is 0 Å². The highest BCUT2D eigenvalue weighted by Crippen LogP contribution is 2.20. The summed E-state index contributed by atoms with van der Waals surface area (Å²) in [6, 6.07) is 16.3. The average molecular weight is 408 g/mol. The molecule has 1 aliphatic heterocycles. The van der Waals surface area contributed by atoms with E-state index in [0.717, 1.165) is 31.7 Å². The minimum absolute atomic E-state index is 0. The maximum Gasteiger partial charge on any atom is 0.417 e. The molecule has 1 saturated heterocycles. The first-order valence-corrected chi connectivity index (χ1v) is 9.44. The number of nitrogens with one attached hydrogen (secondary N) is 2. The number of benzene rings is 2. The lowest BCUT2D eigenvalue weighted by Gasteiger charge is -2.26. The van der Waals surface area contributed by atoms with Crippen LogP contribution in [-0.4, -0.2) is 42.4 Å². The fourth-order valence-corrected chi connectivity index (χ4v) is 3.36. The van der Waals surface area contributed by atoms with Crippen LogP contribution in [-0.2, 0) is 5.75 Å². The fraction of sp³-hybridized carbons (Fsp3) is 0.263. The van der Waals surface area contributed by atoms with Crippen molar-refractivity contribution in [2.75, 3.05) is 31.5 Å². The summed E-state index contributed by atoms with van der Waals surface area (Å²) in [6.07, 6.45) is -0.535. The van der Waals surface area contributed by atoms with Gasteiger partial charge >= 0.3 is 6.09 Å². The molecule has 0 aliphatic carbocycles. The Hall–Kier alpha value is -2.22. The van der Waals surface area contributed by atoms with Crippen molar-refractivity contribution in [2.45, 2.75) is 5.75 Å². The molecular weight excluding hydrogens is 386 g/mol. The SMILES string of the molecule is Cl.O=C(Nc1ccccc1)Oc1ccc(CSC(=O)N2CCNCC2)cc1. The second-order valence-electron chi connectivity index (χ2n) is 5.82. The summed E-state index contributed by atoms with van der Waals surface area (Å²) in [5.74, 6) is 1.06. The number of amides is 2. The van der Waals surface area contributed by atoms with E-state index < -0.39 is 6.09 Å². The molecule has 0 saturated carbocycles. The lowest BCUT2D eigenvalue weighted by atomic mass is 10.2. The maximum atomic E-state index is 12.1. The number of carbonyl (C=O) groups excluding carboxylic acids is 2. The molecule has 1 heterocycles. The van der Waals surface area contributed by atoms with Gasteiger partial charge in [0.2, 0.25) is 0 Å². The molecule has 0 bridgehead atoms. The third-order valence-electron chi connectivity index (χ3n) is 3.89. The number of para-hydroxylation sites is 1. The van der Waals surface area contributed by atoms with Crippen molar-refractivity contribution in [3.8, 4) is 5.75 Å². The number of anilines is 1. The van der Waals surface area contributed by atoms with Gasteiger partial charge in [0.15, 0.2) is 0 Å². The molecule has 2 amide bonds. The average Bonchev–Trinajstić information content (AvgIpc) is 2.68. The second-order valence-corrected chi connectivity index (χ2v) is 6.74. The van der Waals surface area contributed by atoms with Crippen LogP contribution >= 0.6 is 24.2 Å². The first kappa shape index (κ1) is 21.1. The largest absolute Gasteiger partial charge is 0.417 e. The molecule has 0 radical (unpaired) electrons. The van der Waals surface area contributed by atoms with Crippen LogP contribution in [0.15, 0.2) is 54.6 Å². The lowest BCUT2D eigenvalue weighted by molar-refractivity contribution is 0.214. The van der Waals surface area contributed by atoms with Gasteiger partial charge in [0.25, 0.3) is 5.24 Å². The minimum atomic E-state index is -0.535. The predicted octanol–water partition coefficient (Wildman–Crippen LogP) is 3.98. The van der Waals surface area contributed by atoms with Gasteiger partial charge in [-0.1, -0.05) is 42.1 Å². The topological polar surface area (TPSA) is 70.7 Å². The monoisotopic (exact) mass is 407 g/mol. The van der Waals surface area contributed by atoms with Gasteiger partial charge in [-0.15, -0.1) is 12.4 Å². The van der Waals surface area contributed by atoms with Crippen molar-refractivity contribution in [3.05, 3.63) is 60.2 Å². The molecule has 2 aromatic carbocycles. The maximum absolute atomic E-state index is 12.1. The van der Waals surface area contributed by atoms with Crippen LogP contribution in [0.4, 0.5) is 15.3 Å². The summed E-state index contributed by atoms with van der Waals surface area (Å²) >= 11 is 1.30. The first-order chi connectivity index (χ1) is 12.7. The molecule has 1 aliphatic rings. The fourth-order valence-electron chi connectivity index (χ4n) is 2.51. The summed E-state index contributed by atoms with van der Waals surface area (Å²) < 4.78 is 5.26. The van der Waals surface area contributed by atoms with Crippen LogP contribution in [0, 0.1) is 0 Å². The number of thioether (sulfide) groups is 1. The molecule has 6 nitrogen and oxygen atoms in total. The molecule has 2 aromatic rings. The van der Waals surface area contributed by atoms with Gasteiger partial charge in [-0.3, -0.25) is 10.1 Å². The standard InChI is InChI=1S/C19H21N3O3S.ClH/c23-18(21-16-4-2-1-3-5-16)25-17-8-6-15(7-9-17)14-26-19(24)22-12-10-20-11-13-22;/h1-9,20H,10-14H2,(H,21,23);1H. The molecule has 144 valence electrons. The Morgan fingerprint density at radius 1 is 1.04 bits per heavy atom. The third-order valence-corrected chi connectivity index (χ3v) is 4.87. The van der Waals surface area contributed by atoms with E-state index in [1.165, 1.54) is 11.8 Å². The normalized spacial score (nSPS) is 13.4. The van der Waals surface area contributed by atoms with Gasteiger partial charge in [0.05, 0.1) is 0 Å². The predicted molar refractivity (Wildman–Crippen MR) is 111 cm³/mol. The summed E-state index contributed by atoms with van der Waals surface area (Å²) in [5, 5.41) is 6.00. The Balaban J connectivity index is 0.00000261. The smallest absolute Gasteiger partial charge is 0.410 e. The van der Waals surface area contributed by atoms with Crippen molar-refractivity contribution >= 4 is 41.2 Å². The Bertz CT molecular complexity index is 738. The number of nitrogens with zero attached hydrogens (tertiary/aromatic N) is 1. The number of carbonyl (C=O) groups is 2. The Morgan fingerprint density at radius 2 is 1.70 bits per heavy atom. The van der Waals surface area contributed by atoms with E-state index in [-0.39, 0.29) is 17.6 Å². The van der Waals surface area contributed by atoms with E-state index in [9.17, 15) is 9.59 Å². The molecule has 2 N–H and O–H groups in total. The van der Waals surface area contributed by atoms with E-state index in [1.807, 2.05) is 35.2 Å². The van der Waals surface area contributed by atoms with Gasteiger partial charge in [0, 0.05) is 37.6 Å². The van der Waals surface area contributed by atoms with Crippen LogP contribution in [0.25, 0.3) is 0 Å². The van der Waals surface area contributed by atoms with Crippen molar-refractivity contribution in [1.82, 2.24) is 10.2 Å². The number of hydrogen-bond acceptors (Lipinski definition) is 5. The van der Waals surface area contributed by atoms with E-state index >= 15 is 0 Å². The van der Waals surface area contributed by atoms with Gasteiger partial charge in [-0.25, -0.2) is 4.79 Å². The zero-order valence-corrected chi connectivity index (χ0v) is 16.4. The van der Waals surface area contributed by atoms with Crippen LogP contribution in [0.3, 0.4) is 0 Å². The highest BCUT2D eigenvalue weighted by atomic mass is 35.5. The van der Waals surface area contributed by atoms with Crippen molar-refractivity contribution in [2.24, 2.45) is 0 Å². The highest BCUT2D eigenvalue weighted by molar-refractivity contribution is 8.12. The molecule has 0 unspecified atom stereocenters. The number of ether oxygens (including phenoxy) is 1. The summed E-state index contributed by atoms with van der Waals surface area (Å²) in [5.41, 5.74) is 1.69. The van der Waals surface area contributed by atoms with Crippen molar-refractivity contribution < 1.29 is 14.3 Å². The second kappa shape index (κ2) is 10.8. The van der Waals surface area contributed by atoms with Gasteiger partial charge in [-0.05, 0) is 29.8 Å². The third kappa shape index (κ3) is 6.78. The molecule has 0 aromatic heterocycles. The van der Waals surface area contributed by atoms with E-state index in [4.69, 9.17) is 4.74 Å². The molecule has 0 spiro atoms. The number of piperazine rings is 1. The van der Waals surface area contributed by atoms with Crippen molar-refractivity contribution in [1.29, 1.82) is 0 Å². The van der Waals surface area contributed by atoms with Crippen LogP contribution in [0.1, 0.15) is 5.56 Å². The quantitative estimate of drug-likeness (QED) is 0.802. The summed E-state index contributed by atoms with van der Waals surface area (Å²) in [4.78, 5) is 25.9.